The van der Waals surface area contributed by atoms with Gasteiger partial charge in [-0.2, -0.15) is 0 Å². The molecule has 0 radical (unpaired) electrons. The molecule has 0 aromatic heterocycles. The Hall–Kier alpha value is -1.77. The van der Waals surface area contributed by atoms with Gasteiger partial charge in [-0.25, -0.2) is 4.79 Å². The molecule has 17 heavy (non-hydrogen) atoms. The monoisotopic (exact) mass is 234 g/mol. The predicted octanol–water partition coefficient (Wildman–Crippen LogP) is 4.00. The largest absolute Gasteiger partial charge is 0.513 e. The molecule has 0 saturated heterocycles. The Bertz CT molecular complexity index is 344. The number of carbonyl (C=O) groups excluding carboxylic acids is 1. The van der Waals surface area contributed by atoms with Crippen molar-refractivity contribution in [2.45, 2.75) is 26.2 Å². The van der Waals surface area contributed by atoms with E-state index >= 15 is 0 Å². The van der Waals surface area contributed by atoms with Crippen LogP contribution in [0, 0.1) is 0 Å². The van der Waals surface area contributed by atoms with Crippen molar-refractivity contribution in [1.29, 1.82) is 0 Å². The van der Waals surface area contributed by atoms with Gasteiger partial charge < -0.3 is 9.47 Å². The van der Waals surface area contributed by atoms with E-state index in [-0.39, 0.29) is 0 Å². The summed E-state index contributed by atoms with van der Waals surface area (Å²) in [4.78, 5) is 11.1. The molecule has 0 aliphatic carbocycles. The highest BCUT2D eigenvalue weighted by Crippen LogP contribution is 2.02. The minimum absolute atomic E-state index is 0.422. The maximum atomic E-state index is 11.1. The molecule has 1 rings (SSSR count). The Kier molecular flexibility index (Phi) is 6.56. The van der Waals surface area contributed by atoms with E-state index in [1.165, 1.54) is 6.26 Å². The quantitative estimate of drug-likeness (QED) is 0.424. The minimum atomic E-state index is -0.645. The molecule has 0 amide bonds. The molecule has 0 N–H and O–H groups in total. The van der Waals surface area contributed by atoms with Crippen LogP contribution in [0.5, 0.6) is 0 Å². The number of hydrogen-bond acceptors (Lipinski definition) is 3. The summed E-state index contributed by atoms with van der Waals surface area (Å²) in [6.45, 7) is 2.52. The Balaban J connectivity index is 2.17. The van der Waals surface area contributed by atoms with E-state index in [9.17, 15) is 4.79 Å². The Morgan fingerprint density at radius 3 is 2.71 bits per heavy atom. The van der Waals surface area contributed by atoms with E-state index in [1.807, 2.05) is 30.3 Å². The van der Waals surface area contributed by atoms with Crippen molar-refractivity contribution in [3.8, 4) is 0 Å². The number of benzene rings is 1. The molecule has 0 saturated carbocycles. The summed E-state index contributed by atoms with van der Waals surface area (Å²) in [5.41, 5.74) is 0.978. The number of rotatable bonds is 6. The average molecular weight is 234 g/mol. The molecule has 92 valence electrons. The average Bonchev–Trinajstić information content (AvgIpc) is 2.36. The first-order valence-corrected chi connectivity index (χ1v) is 5.88. The highest BCUT2D eigenvalue weighted by atomic mass is 16.7. The van der Waals surface area contributed by atoms with Crippen molar-refractivity contribution in [3.05, 3.63) is 42.2 Å². The molecule has 0 heterocycles. The van der Waals surface area contributed by atoms with E-state index in [1.54, 1.807) is 6.08 Å². The van der Waals surface area contributed by atoms with Crippen LogP contribution in [0.3, 0.4) is 0 Å². The Morgan fingerprint density at radius 1 is 1.24 bits per heavy atom. The zero-order chi connectivity index (χ0) is 12.3. The molecule has 1 aromatic rings. The molecule has 0 aliphatic heterocycles. The standard InChI is InChI=1S/C14H18O3/c1-2-3-7-11-16-14(15)17-12-10-13-8-5-4-6-9-13/h4-6,8-10,12H,2-3,7,11H2,1H3. The molecule has 0 atom stereocenters. The lowest BCUT2D eigenvalue weighted by molar-refractivity contribution is 0.0837. The van der Waals surface area contributed by atoms with Gasteiger partial charge in [0.25, 0.3) is 0 Å². The lowest BCUT2D eigenvalue weighted by atomic mass is 10.2. The van der Waals surface area contributed by atoms with Gasteiger partial charge in [0, 0.05) is 0 Å². The van der Waals surface area contributed by atoms with Crippen LogP contribution >= 0.6 is 0 Å². The van der Waals surface area contributed by atoms with Gasteiger partial charge in [0.05, 0.1) is 12.9 Å². The first-order valence-electron chi connectivity index (χ1n) is 5.88. The smallest absolute Gasteiger partial charge is 0.434 e. The van der Waals surface area contributed by atoms with Crippen molar-refractivity contribution < 1.29 is 14.3 Å². The van der Waals surface area contributed by atoms with Gasteiger partial charge in [0.2, 0.25) is 0 Å². The molecule has 0 aliphatic rings. The molecule has 1 aromatic carbocycles. The molecule has 3 nitrogen and oxygen atoms in total. The maximum absolute atomic E-state index is 11.1. The van der Waals surface area contributed by atoms with Gasteiger partial charge in [-0.15, -0.1) is 0 Å². The van der Waals surface area contributed by atoms with Crippen molar-refractivity contribution >= 4 is 12.2 Å². The highest BCUT2D eigenvalue weighted by Gasteiger charge is 1.99. The van der Waals surface area contributed by atoms with E-state index in [0.29, 0.717) is 6.61 Å². The summed E-state index contributed by atoms with van der Waals surface area (Å²) in [5.74, 6) is 0. The summed E-state index contributed by atoms with van der Waals surface area (Å²) in [5, 5.41) is 0. The summed E-state index contributed by atoms with van der Waals surface area (Å²) >= 11 is 0. The van der Waals surface area contributed by atoms with E-state index < -0.39 is 6.16 Å². The topological polar surface area (TPSA) is 35.5 Å². The molecule has 3 heteroatoms. The second-order valence-corrected chi connectivity index (χ2v) is 3.64. The Morgan fingerprint density at radius 2 is 2.00 bits per heavy atom. The van der Waals surface area contributed by atoms with Crippen LogP contribution in [0.15, 0.2) is 36.6 Å². The van der Waals surface area contributed by atoms with Crippen LogP contribution < -0.4 is 0 Å². The van der Waals surface area contributed by atoms with Crippen LogP contribution in [-0.4, -0.2) is 12.8 Å². The zero-order valence-corrected chi connectivity index (χ0v) is 10.1. The number of unbranched alkanes of at least 4 members (excludes halogenated alkanes) is 2. The van der Waals surface area contributed by atoms with Gasteiger partial charge in [0.1, 0.15) is 0 Å². The second-order valence-electron chi connectivity index (χ2n) is 3.64. The van der Waals surface area contributed by atoms with Gasteiger partial charge >= 0.3 is 6.16 Å². The van der Waals surface area contributed by atoms with E-state index in [2.05, 4.69) is 6.92 Å². The fourth-order valence-electron chi connectivity index (χ4n) is 1.27. The number of hydrogen-bond donors (Lipinski definition) is 0. The van der Waals surface area contributed by atoms with Crippen LogP contribution in [0.2, 0.25) is 0 Å². The third-order valence-electron chi connectivity index (χ3n) is 2.19. The number of ether oxygens (including phenoxy) is 2. The van der Waals surface area contributed by atoms with Crippen molar-refractivity contribution in [1.82, 2.24) is 0 Å². The third-order valence-corrected chi connectivity index (χ3v) is 2.19. The van der Waals surface area contributed by atoms with Gasteiger partial charge in [0.15, 0.2) is 0 Å². The molecular formula is C14H18O3. The van der Waals surface area contributed by atoms with Gasteiger partial charge in [-0.3, -0.25) is 0 Å². The lowest BCUT2D eigenvalue weighted by Crippen LogP contribution is -2.04. The van der Waals surface area contributed by atoms with Crippen LogP contribution in [0.4, 0.5) is 4.79 Å². The fraction of sp³-hybridized carbons (Fsp3) is 0.357. The van der Waals surface area contributed by atoms with Gasteiger partial charge in [-0.1, -0.05) is 50.1 Å². The SMILES string of the molecule is CCCCCOC(=O)OC=Cc1ccccc1. The summed E-state index contributed by atoms with van der Waals surface area (Å²) in [6, 6.07) is 9.62. The third kappa shape index (κ3) is 6.40. The predicted molar refractivity (Wildman–Crippen MR) is 67.4 cm³/mol. The van der Waals surface area contributed by atoms with Gasteiger partial charge in [-0.05, 0) is 18.1 Å². The first-order chi connectivity index (χ1) is 8.33. The van der Waals surface area contributed by atoms with Crippen molar-refractivity contribution in [2.75, 3.05) is 6.61 Å². The van der Waals surface area contributed by atoms with Crippen molar-refractivity contribution in [3.63, 3.8) is 0 Å². The number of carbonyl (C=O) groups is 1. The molecule has 0 bridgehead atoms. The summed E-state index contributed by atoms with van der Waals surface area (Å²) in [6.07, 6.45) is 5.46. The molecule has 0 spiro atoms. The molecule has 0 fully saturated rings. The first kappa shape index (κ1) is 13.3. The van der Waals surface area contributed by atoms with Crippen LogP contribution in [0.25, 0.3) is 6.08 Å². The fourth-order valence-corrected chi connectivity index (χ4v) is 1.27. The van der Waals surface area contributed by atoms with E-state index in [4.69, 9.17) is 9.47 Å². The minimum Gasteiger partial charge on any atom is -0.434 e. The highest BCUT2D eigenvalue weighted by molar-refractivity contribution is 5.62. The maximum Gasteiger partial charge on any atom is 0.513 e. The normalized spacial score (nSPS) is 10.4. The molecular weight excluding hydrogens is 216 g/mol. The molecule has 0 unspecified atom stereocenters. The van der Waals surface area contributed by atoms with Crippen LogP contribution in [-0.2, 0) is 9.47 Å². The van der Waals surface area contributed by atoms with E-state index in [0.717, 1.165) is 24.8 Å². The van der Waals surface area contributed by atoms with Crippen LogP contribution in [0.1, 0.15) is 31.7 Å². The summed E-state index contributed by atoms with van der Waals surface area (Å²) < 4.78 is 9.65. The lowest BCUT2D eigenvalue weighted by Gasteiger charge is -2.01. The second kappa shape index (κ2) is 8.39. The summed E-state index contributed by atoms with van der Waals surface area (Å²) in [7, 11) is 0. The zero-order valence-electron chi connectivity index (χ0n) is 10.1. The van der Waals surface area contributed by atoms with Crippen molar-refractivity contribution in [2.24, 2.45) is 0 Å². The Labute approximate surface area is 102 Å².